The number of thiophene rings is 1. The van der Waals surface area contributed by atoms with E-state index in [0.717, 1.165) is 18.4 Å². The Hall–Kier alpha value is -2.87. The van der Waals surface area contributed by atoms with Crippen molar-refractivity contribution in [3.63, 3.8) is 0 Å². The third kappa shape index (κ3) is 5.10. The monoisotopic (exact) mass is 401 g/mol. The van der Waals surface area contributed by atoms with Gasteiger partial charge in [0.25, 0.3) is 11.8 Å². The zero-order valence-corrected chi connectivity index (χ0v) is 16.9. The number of amides is 3. The number of hydrogen-bond acceptors (Lipinski definition) is 5. The Labute approximate surface area is 167 Å². The molecule has 1 aromatic heterocycles. The topological polar surface area (TPSA) is 87.7 Å². The van der Waals surface area contributed by atoms with E-state index in [0.29, 0.717) is 21.3 Å². The number of anilines is 2. The van der Waals surface area contributed by atoms with Gasteiger partial charge in [0.2, 0.25) is 5.91 Å². The summed E-state index contributed by atoms with van der Waals surface area (Å²) < 4.78 is 5.42. The van der Waals surface area contributed by atoms with Gasteiger partial charge in [0, 0.05) is 25.7 Å². The minimum absolute atomic E-state index is 0.0246. The number of aryl methyl sites for hydroxylation is 1. The number of rotatable bonds is 7. The van der Waals surface area contributed by atoms with Gasteiger partial charge in [0.05, 0.1) is 9.88 Å². The molecule has 2 aromatic rings. The van der Waals surface area contributed by atoms with Crippen molar-refractivity contribution in [2.24, 2.45) is 5.92 Å². The van der Waals surface area contributed by atoms with Crippen molar-refractivity contribution in [1.82, 2.24) is 4.90 Å². The first kappa shape index (κ1) is 19.9. The van der Waals surface area contributed by atoms with E-state index >= 15 is 0 Å². The summed E-state index contributed by atoms with van der Waals surface area (Å²) in [6, 6.07) is 8.64. The predicted molar refractivity (Wildman–Crippen MR) is 109 cm³/mol. The van der Waals surface area contributed by atoms with Crippen LogP contribution in [0.5, 0.6) is 5.75 Å². The lowest BCUT2D eigenvalue weighted by molar-refractivity contribution is -0.130. The van der Waals surface area contributed by atoms with Gasteiger partial charge in [-0.3, -0.25) is 14.4 Å². The smallest absolute Gasteiger partial charge is 0.266 e. The van der Waals surface area contributed by atoms with Gasteiger partial charge in [-0.15, -0.1) is 11.3 Å². The maximum atomic E-state index is 12.6. The van der Waals surface area contributed by atoms with E-state index in [2.05, 4.69) is 10.6 Å². The molecule has 1 saturated carbocycles. The molecule has 1 fully saturated rings. The van der Waals surface area contributed by atoms with Crippen LogP contribution in [0.1, 0.15) is 28.1 Å². The van der Waals surface area contributed by atoms with E-state index < -0.39 is 0 Å². The van der Waals surface area contributed by atoms with Crippen LogP contribution >= 0.6 is 11.3 Å². The van der Waals surface area contributed by atoms with Crippen LogP contribution in [-0.4, -0.2) is 43.3 Å². The zero-order chi connectivity index (χ0) is 20.3. The van der Waals surface area contributed by atoms with Crippen molar-refractivity contribution in [3.05, 3.63) is 40.8 Å². The Balaban J connectivity index is 1.57. The molecule has 0 bridgehead atoms. The van der Waals surface area contributed by atoms with Crippen LogP contribution in [0.25, 0.3) is 0 Å². The van der Waals surface area contributed by atoms with Crippen molar-refractivity contribution < 1.29 is 19.1 Å². The molecule has 0 saturated heterocycles. The molecule has 0 unspecified atom stereocenters. The molecular formula is C20H23N3O4S. The zero-order valence-electron chi connectivity index (χ0n) is 16.1. The molecule has 3 amide bonds. The molecule has 1 aromatic carbocycles. The van der Waals surface area contributed by atoms with Gasteiger partial charge in [0.1, 0.15) is 5.75 Å². The van der Waals surface area contributed by atoms with Gasteiger partial charge in [0.15, 0.2) is 6.61 Å². The van der Waals surface area contributed by atoms with Crippen molar-refractivity contribution in [3.8, 4) is 5.75 Å². The van der Waals surface area contributed by atoms with Crippen LogP contribution in [0.4, 0.5) is 10.7 Å². The van der Waals surface area contributed by atoms with Gasteiger partial charge in [-0.05, 0) is 55.7 Å². The fraction of sp³-hybridized carbons (Fsp3) is 0.350. The van der Waals surface area contributed by atoms with Crippen LogP contribution in [0.2, 0.25) is 0 Å². The van der Waals surface area contributed by atoms with Crippen molar-refractivity contribution in [2.45, 2.75) is 19.8 Å². The molecule has 0 spiro atoms. The van der Waals surface area contributed by atoms with E-state index in [1.54, 1.807) is 38.4 Å². The fourth-order valence-corrected chi connectivity index (χ4v) is 3.41. The SMILES string of the molecule is Cc1cc(NC(=O)C2CC2)sc1C(=O)Nc1ccc(OCC(=O)N(C)C)cc1. The standard InChI is InChI=1S/C20H23N3O4S/c1-12-10-16(22-19(25)13-4-5-13)28-18(12)20(26)21-14-6-8-15(9-7-14)27-11-17(24)23(2)3/h6-10,13H,4-5,11H2,1-3H3,(H,21,26)(H,22,25). The number of ether oxygens (including phenoxy) is 1. The number of nitrogens with zero attached hydrogens (tertiary/aromatic N) is 1. The summed E-state index contributed by atoms with van der Waals surface area (Å²) >= 11 is 1.27. The molecular weight excluding hydrogens is 378 g/mol. The van der Waals surface area contributed by atoms with Crippen molar-refractivity contribution >= 4 is 39.7 Å². The summed E-state index contributed by atoms with van der Waals surface area (Å²) in [5.41, 5.74) is 1.43. The molecule has 8 heteroatoms. The molecule has 1 aliphatic carbocycles. The quantitative estimate of drug-likeness (QED) is 0.746. The minimum atomic E-state index is -0.231. The summed E-state index contributed by atoms with van der Waals surface area (Å²) in [5.74, 6) is 0.330. The number of carbonyl (C=O) groups excluding carboxylic acids is 3. The first-order valence-electron chi connectivity index (χ1n) is 8.99. The Bertz CT molecular complexity index is 885. The highest BCUT2D eigenvalue weighted by Crippen LogP contribution is 2.33. The van der Waals surface area contributed by atoms with Gasteiger partial charge in [-0.2, -0.15) is 0 Å². The Morgan fingerprint density at radius 3 is 2.43 bits per heavy atom. The maximum Gasteiger partial charge on any atom is 0.266 e. The highest BCUT2D eigenvalue weighted by Gasteiger charge is 2.30. The molecule has 1 heterocycles. The van der Waals surface area contributed by atoms with Gasteiger partial charge < -0.3 is 20.3 Å². The largest absolute Gasteiger partial charge is 0.484 e. The Morgan fingerprint density at radius 1 is 1.14 bits per heavy atom. The summed E-state index contributed by atoms with van der Waals surface area (Å²) in [6.07, 6.45) is 1.87. The number of carbonyl (C=O) groups is 3. The molecule has 3 rings (SSSR count). The first-order valence-corrected chi connectivity index (χ1v) is 9.81. The van der Waals surface area contributed by atoms with Crippen molar-refractivity contribution in [2.75, 3.05) is 31.3 Å². The molecule has 2 N–H and O–H groups in total. The number of likely N-dealkylation sites (N-methyl/N-ethyl adjacent to an activating group) is 1. The van der Waals surface area contributed by atoms with E-state index in [1.165, 1.54) is 16.2 Å². The predicted octanol–water partition coefficient (Wildman–Crippen LogP) is 3.12. The van der Waals surface area contributed by atoms with Crippen molar-refractivity contribution in [1.29, 1.82) is 0 Å². The second-order valence-electron chi connectivity index (χ2n) is 6.94. The van der Waals surface area contributed by atoms with Crippen LogP contribution in [0.15, 0.2) is 30.3 Å². The highest BCUT2D eigenvalue weighted by atomic mass is 32.1. The second kappa shape index (κ2) is 8.43. The summed E-state index contributed by atoms with van der Waals surface area (Å²) in [6.45, 7) is 1.80. The van der Waals surface area contributed by atoms with Gasteiger partial charge in [-0.25, -0.2) is 0 Å². The van der Waals surface area contributed by atoms with Crippen LogP contribution in [-0.2, 0) is 9.59 Å². The minimum Gasteiger partial charge on any atom is -0.484 e. The number of nitrogens with one attached hydrogen (secondary N) is 2. The molecule has 0 atom stereocenters. The second-order valence-corrected chi connectivity index (χ2v) is 7.99. The molecule has 0 aliphatic heterocycles. The van der Waals surface area contributed by atoms with Gasteiger partial charge in [-0.1, -0.05) is 0 Å². The van der Waals surface area contributed by atoms with Gasteiger partial charge >= 0.3 is 0 Å². The van der Waals surface area contributed by atoms with Crippen LogP contribution in [0.3, 0.4) is 0 Å². The summed E-state index contributed by atoms with van der Waals surface area (Å²) in [4.78, 5) is 38.0. The van der Waals surface area contributed by atoms with E-state index in [-0.39, 0.29) is 30.2 Å². The average molecular weight is 401 g/mol. The summed E-state index contributed by atoms with van der Waals surface area (Å²) in [7, 11) is 3.33. The van der Waals surface area contributed by atoms with Crippen LogP contribution in [0, 0.1) is 12.8 Å². The number of hydrogen-bond donors (Lipinski definition) is 2. The number of benzene rings is 1. The Kier molecular flexibility index (Phi) is 5.99. The first-order chi connectivity index (χ1) is 13.3. The molecule has 0 radical (unpaired) electrons. The lowest BCUT2D eigenvalue weighted by Gasteiger charge is -2.11. The van der Waals surface area contributed by atoms with E-state index in [9.17, 15) is 14.4 Å². The van der Waals surface area contributed by atoms with Crippen LogP contribution < -0.4 is 15.4 Å². The molecule has 28 heavy (non-hydrogen) atoms. The normalized spacial score (nSPS) is 13.0. The molecule has 148 valence electrons. The molecule has 7 nitrogen and oxygen atoms in total. The Morgan fingerprint density at radius 2 is 1.82 bits per heavy atom. The maximum absolute atomic E-state index is 12.6. The highest BCUT2D eigenvalue weighted by molar-refractivity contribution is 7.18. The average Bonchev–Trinajstić information content (AvgIpc) is 3.44. The third-order valence-corrected chi connectivity index (χ3v) is 5.44. The third-order valence-electron chi connectivity index (χ3n) is 4.29. The molecule has 1 aliphatic rings. The fourth-order valence-electron chi connectivity index (χ4n) is 2.43. The van der Waals surface area contributed by atoms with E-state index in [1.807, 2.05) is 13.0 Å². The summed E-state index contributed by atoms with van der Waals surface area (Å²) in [5, 5.41) is 6.40. The lowest BCUT2D eigenvalue weighted by atomic mass is 10.2. The van der Waals surface area contributed by atoms with E-state index in [4.69, 9.17) is 4.74 Å². The lowest BCUT2D eigenvalue weighted by Crippen LogP contribution is -2.27.